The van der Waals surface area contributed by atoms with Crippen LogP contribution in [0.3, 0.4) is 0 Å². The van der Waals surface area contributed by atoms with Gasteiger partial charge in [-0.25, -0.2) is 0 Å². The minimum atomic E-state index is -0.524. The summed E-state index contributed by atoms with van der Waals surface area (Å²) in [6, 6.07) is 7.62. The van der Waals surface area contributed by atoms with Crippen LogP contribution >= 0.6 is 0 Å². The van der Waals surface area contributed by atoms with Gasteiger partial charge in [-0.05, 0) is 30.4 Å². The first-order valence-corrected chi connectivity index (χ1v) is 7.41. The zero-order valence-electron chi connectivity index (χ0n) is 11.5. The molecule has 2 N–H and O–H groups in total. The maximum absolute atomic E-state index is 12.1. The fraction of sp³-hybridized carbons (Fsp3) is 0.562. The number of aliphatic hydroxyl groups is 1. The van der Waals surface area contributed by atoms with E-state index in [1.165, 1.54) is 0 Å². The van der Waals surface area contributed by atoms with Crippen molar-refractivity contribution < 1.29 is 14.6 Å². The summed E-state index contributed by atoms with van der Waals surface area (Å²) >= 11 is 0. The maximum atomic E-state index is 12.1. The van der Waals surface area contributed by atoms with Gasteiger partial charge in [0.1, 0.15) is 0 Å². The normalized spacial score (nSPS) is 28.9. The number of amides is 1. The van der Waals surface area contributed by atoms with Crippen molar-refractivity contribution in [3.63, 3.8) is 0 Å². The minimum absolute atomic E-state index is 0.0300. The van der Waals surface area contributed by atoms with Crippen LogP contribution in [0.2, 0.25) is 0 Å². The van der Waals surface area contributed by atoms with Crippen molar-refractivity contribution in [1.82, 2.24) is 5.32 Å². The fourth-order valence-corrected chi connectivity index (χ4v) is 3.16. The van der Waals surface area contributed by atoms with Gasteiger partial charge in [-0.1, -0.05) is 24.3 Å². The van der Waals surface area contributed by atoms with Gasteiger partial charge in [0.15, 0.2) is 0 Å². The standard InChI is InChI=1S/C16H21NO3/c18-14-9-11-5-1-2-7-13(11)16(14)17-15(19)10-12-6-3-4-8-20-12/h1-2,5,7,12,14,16,18H,3-4,6,8-10H2,(H,17,19)/t12?,14-,16+/m0/s1. The average Bonchev–Trinajstić information content (AvgIpc) is 2.76. The van der Waals surface area contributed by atoms with E-state index in [0.29, 0.717) is 12.8 Å². The number of hydrogen-bond donors (Lipinski definition) is 2. The van der Waals surface area contributed by atoms with Gasteiger partial charge in [-0.2, -0.15) is 0 Å². The molecule has 1 aromatic carbocycles. The van der Waals surface area contributed by atoms with Crippen LogP contribution in [0.5, 0.6) is 0 Å². The molecule has 1 aliphatic carbocycles. The molecule has 1 aliphatic heterocycles. The molecule has 1 aromatic rings. The van der Waals surface area contributed by atoms with Crippen LogP contribution in [0.15, 0.2) is 24.3 Å². The molecule has 108 valence electrons. The molecule has 1 heterocycles. The molecule has 3 rings (SSSR count). The van der Waals surface area contributed by atoms with Gasteiger partial charge in [-0.3, -0.25) is 4.79 Å². The van der Waals surface area contributed by atoms with Crippen molar-refractivity contribution in [2.24, 2.45) is 0 Å². The summed E-state index contributed by atoms with van der Waals surface area (Å²) in [5.74, 6) is -0.0300. The Bertz CT molecular complexity index is 482. The summed E-state index contributed by atoms with van der Waals surface area (Å²) in [6.45, 7) is 0.757. The summed E-state index contributed by atoms with van der Waals surface area (Å²) < 4.78 is 5.59. The number of fused-ring (bicyclic) bond motifs is 1. The van der Waals surface area contributed by atoms with E-state index in [-0.39, 0.29) is 18.1 Å². The van der Waals surface area contributed by atoms with Crippen LogP contribution in [0.1, 0.15) is 42.9 Å². The van der Waals surface area contributed by atoms with E-state index in [0.717, 1.165) is 37.0 Å². The van der Waals surface area contributed by atoms with Crippen LogP contribution in [0.25, 0.3) is 0 Å². The maximum Gasteiger partial charge on any atom is 0.223 e. The number of carbonyl (C=O) groups is 1. The Kier molecular flexibility index (Phi) is 4.03. The van der Waals surface area contributed by atoms with Gasteiger partial charge < -0.3 is 15.2 Å². The van der Waals surface area contributed by atoms with Gasteiger partial charge in [0, 0.05) is 13.0 Å². The summed E-state index contributed by atoms with van der Waals surface area (Å²) in [5.41, 5.74) is 2.16. The highest BCUT2D eigenvalue weighted by molar-refractivity contribution is 5.77. The molecule has 20 heavy (non-hydrogen) atoms. The Labute approximate surface area is 119 Å². The van der Waals surface area contributed by atoms with Crippen molar-refractivity contribution in [2.45, 2.75) is 50.4 Å². The molecule has 4 heteroatoms. The Morgan fingerprint density at radius 3 is 3.00 bits per heavy atom. The van der Waals surface area contributed by atoms with Crippen LogP contribution in [-0.2, 0) is 16.0 Å². The molecule has 1 saturated heterocycles. The highest BCUT2D eigenvalue weighted by Crippen LogP contribution is 2.31. The number of rotatable bonds is 3. The summed E-state index contributed by atoms with van der Waals surface area (Å²) in [6.07, 6.45) is 3.70. The lowest BCUT2D eigenvalue weighted by atomic mass is 10.0. The van der Waals surface area contributed by atoms with Gasteiger partial charge in [0.2, 0.25) is 5.91 Å². The third kappa shape index (κ3) is 2.86. The molecule has 1 fully saturated rings. The van der Waals surface area contributed by atoms with E-state index in [1.54, 1.807) is 0 Å². The Morgan fingerprint density at radius 2 is 2.20 bits per heavy atom. The number of nitrogens with one attached hydrogen (secondary N) is 1. The second-order valence-corrected chi connectivity index (χ2v) is 5.71. The monoisotopic (exact) mass is 275 g/mol. The van der Waals surface area contributed by atoms with Crippen LogP contribution in [0, 0.1) is 0 Å². The van der Waals surface area contributed by atoms with Crippen molar-refractivity contribution in [2.75, 3.05) is 6.61 Å². The lowest BCUT2D eigenvalue weighted by molar-refractivity contribution is -0.126. The van der Waals surface area contributed by atoms with Crippen molar-refractivity contribution in [1.29, 1.82) is 0 Å². The minimum Gasteiger partial charge on any atom is -0.390 e. The number of hydrogen-bond acceptors (Lipinski definition) is 3. The van der Waals surface area contributed by atoms with E-state index >= 15 is 0 Å². The molecule has 0 spiro atoms. The molecular weight excluding hydrogens is 254 g/mol. The largest absolute Gasteiger partial charge is 0.390 e. The molecule has 0 saturated carbocycles. The lowest BCUT2D eigenvalue weighted by Crippen LogP contribution is -2.36. The molecular formula is C16H21NO3. The third-order valence-corrected chi connectivity index (χ3v) is 4.21. The smallest absolute Gasteiger partial charge is 0.223 e. The van der Waals surface area contributed by atoms with E-state index in [2.05, 4.69) is 5.32 Å². The fourth-order valence-electron chi connectivity index (χ4n) is 3.16. The molecule has 2 aliphatic rings. The van der Waals surface area contributed by atoms with Crippen molar-refractivity contribution >= 4 is 5.91 Å². The predicted molar refractivity (Wildman–Crippen MR) is 75.2 cm³/mol. The van der Waals surface area contributed by atoms with E-state index in [1.807, 2.05) is 24.3 Å². The number of benzene rings is 1. The zero-order valence-corrected chi connectivity index (χ0v) is 11.5. The molecule has 0 bridgehead atoms. The van der Waals surface area contributed by atoms with Gasteiger partial charge in [-0.15, -0.1) is 0 Å². The summed E-state index contributed by atoms with van der Waals surface area (Å²) in [7, 11) is 0. The quantitative estimate of drug-likeness (QED) is 0.883. The van der Waals surface area contributed by atoms with Crippen molar-refractivity contribution in [3.05, 3.63) is 35.4 Å². The first-order valence-electron chi connectivity index (χ1n) is 7.41. The first-order chi connectivity index (χ1) is 9.74. The van der Waals surface area contributed by atoms with Crippen LogP contribution in [-0.4, -0.2) is 29.8 Å². The van der Waals surface area contributed by atoms with E-state index < -0.39 is 6.10 Å². The number of aliphatic hydroxyl groups excluding tert-OH is 1. The Balaban J connectivity index is 1.61. The third-order valence-electron chi connectivity index (χ3n) is 4.21. The molecule has 4 nitrogen and oxygen atoms in total. The molecule has 1 unspecified atom stereocenters. The van der Waals surface area contributed by atoms with Crippen molar-refractivity contribution in [3.8, 4) is 0 Å². The Morgan fingerprint density at radius 1 is 1.35 bits per heavy atom. The second kappa shape index (κ2) is 5.94. The van der Waals surface area contributed by atoms with Gasteiger partial charge in [0.25, 0.3) is 0 Å². The molecule has 3 atom stereocenters. The van der Waals surface area contributed by atoms with Gasteiger partial charge in [0.05, 0.1) is 24.7 Å². The topological polar surface area (TPSA) is 58.6 Å². The predicted octanol–water partition coefficient (Wildman–Crippen LogP) is 1.72. The number of ether oxygens (including phenoxy) is 1. The van der Waals surface area contributed by atoms with E-state index in [9.17, 15) is 9.90 Å². The van der Waals surface area contributed by atoms with Gasteiger partial charge >= 0.3 is 0 Å². The average molecular weight is 275 g/mol. The summed E-state index contributed by atoms with van der Waals surface area (Å²) in [5, 5.41) is 13.1. The molecule has 0 aromatic heterocycles. The van der Waals surface area contributed by atoms with Crippen LogP contribution in [0.4, 0.5) is 0 Å². The summed E-state index contributed by atoms with van der Waals surface area (Å²) in [4.78, 5) is 12.1. The number of carbonyl (C=O) groups excluding carboxylic acids is 1. The van der Waals surface area contributed by atoms with E-state index in [4.69, 9.17) is 4.74 Å². The molecule has 1 amide bonds. The SMILES string of the molecule is O=C(CC1CCCCO1)N[C@@H]1c2ccccc2C[C@@H]1O. The highest BCUT2D eigenvalue weighted by Gasteiger charge is 2.32. The first kappa shape index (κ1) is 13.6. The second-order valence-electron chi connectivity index (χ2n) is 5.71. The highest BCUT2D eigenvalue weighted by atomic mass is 16.5. The lowest BCUT2D eigenvalue weighted by Gasteiger charge is -2.24. The molecule has 0 radical (unpaired) electrons. The van der Waals surface area contributed by atoms with Crippen LogP contribution < -0.4 is 5.32 Å². The zero-order chi connectivity index (χ0) is 13.9. The Hall–Kier alpha value is -1.39.